The Labute approximate surface area is 76.5 Å². The van der Waals surface area contributed by atoms with E-state index < -0.39 is 0 Å². The van der Waals surface area contributed by atoms with Crippen LogP contribution in [0.25, 0.3) is 0 Å². The number of hydrogen-bond acceptors (Lipinski definition) is 3. The summed E-state index contributed by atoms with van der Waals surface area (Å²) in [6.45, 7) is 0.670. The molecule has 1 aromatic rings. The summed E-state index contributed by atoms with van der Waals surface area (Å²) in [4.78, 5) is 10.7. The van der Waals surface area contributed by atoms with Crippen molar-refractivity contribution in [3.8, 4) is 0 Å². The lowest BCUT2D eigenvalue weighted by Gasteiger charge is -2.10. The maximum atomic E-state index is 10.7. The molecule has 1 aromatic heterocycles. The third kappa shape index (κ3) is 1.49. The summed E-state index contributed by atoms with van der Waals surface area (Å²) >= 11 is 0. The molecule has 1 aliphatic rings. The van der Waals surface area contributed by atoms with Crippen molar-refractivity contribution in [1.29, 1.82) is 0 Å². The first kappa shape index (κ1) is 8.44. The SMILES string of the molecule is Cn1cc(C2OCCC2C=O)cn1. The molecule has 1 saturated heterocycles. The van der Waals surface area contributed by atoms with Gasteiger partial charge in [-0.05, 0) is 6.42 Å². The summed E-state index contributed by atoms with van der Waals surface area (Å²) in [5.74, 6) is 0.00389. The van der Waals surface area contributed by atoms with Gasteiger partial charge >= 0.3 is 0 Å². The molecule has 2 atom stereocenters. The molecule has 4 heteroatoms. The zero-order valence-electron chi connectivity index (χ0n) is 7.51. The lowest BCUT2D eigenvalue weighted by atomic mass is 9.99. The molecule has 0 bridgehead atoms. The first-order chi connectivity index (χ1) is 6.31. The van der Waals surface area contributed by atoms with Crippen LogP contribution in [0.15, 0.2) is 12.4 Å². The number of hydrogen-bond donors (Lipinski definition) is 0. The first-order valence-corrected chi connectivity index (χ1v) is 4.36. The Morgan fingerprint density at radius 1 is 1.77 bits per heavy atom. The summed E-state index contributed by atoms with van der Waals surface area (Å²) in [6, 6.07) is 0. The van der Waals surface area contributed by atoms with Gasteiger partial charge in [-0.3, -0.25) is 4.68 Å². The minimum absolute atomic E-state index is 0.00389. The molecule has 0 aliphatic carbocycles. The van der Waals surface area contributed by atoms with Gasteiger partial charge in [0, 0.05) is 31.3 Å². The molecule has 0 aromatic carbocycles. The first-order valence-electron chi connectivity index (χ1n) is 4.36. The molecule has 0 N–H and O–H groups in total. The molecular formula is C9H12N2O2. The van der Waals surface area contributed by atoms with Crippen LogP contribution in [0, 0.1) is 5.92 Å². The third-order valence-electron chi connectivity index (χ3n) is 2.37. The second-order valence-corrected chi connectivity index (χ2v) is 3.33. The zero-order valence-corrected chi connectivity index (χ0v) is 7.51. The molecule has 1 aliphatic heterocycles. The Morgan fingerprint density at radius 2 is 2.62 bits per heavy atom. The van der Waals surface area contributed by atoms with E-state index in [0.29, 0.717) is 6.61 Å². The fraction of sp³-hybridized carbons (Fsp3) is 0.556. The minimum Gasteiger partial charge on any atom is -0.373 e. The van der Waals surface area contributed by atoms with Crippen molar-refractivity contribution in [2.45, 2.75) is 12.5 Å². The summed E-state index contributed by atoms with van der Waals surface area (Å²) in [5.41, 5.74) is 0.997. The Hall–Kier alpha value is -1.16. The summed E-state index contributed by atoms with van der Waals surface area (Å²) in [7, 11) is 1.86. The van der Waals surface area contributed by atoms with Gasteiger partial charge in [0.15, 0.2) is 0 Å². The fourth-order valence-corrected chi connectivity index (χ4v) is 1.68. The second-order valence-electron chi connectivity index (χ2n) is 3.33. The van der Waals surface area contributed by atoms with Crippen LogP contribution in [-0.2, 0) is 16.6 Å². The number of nitrogens with zero attached hydrogens (tertiary/aromatic N) is 2. The Bertz CT molecular complexity index is 308. The average Bonchev–Trinajstić information content (AvgIpc) is 2.71. The number of carbonyl (C=O) groups is 1. The molecule has 2 rings (SSSR count). The molecule has 0 radical (unpaired) electrons. The largest absolute Gasteiger partial charge is 0.373 e. The number of aldehydes is 1. The highest BCUT2D eigenvalue weighted by Gasteiger charge is 2.29. The van der Waals surface area contributed by atoms with Gasteiger partial charge in [-0.15, -0.1) is 0 Å². The van der Waals surface area contributed by atoms with Gasteiger partial charge < -0.3 is 9.53 Å². The van der Waals surface area contributed by atoms with E-state index in [0.717, 1.165) is 18.3 Å². The van der Waals surface area contributed by atoms with E-state index in [9.17, 15) is 4.79 Å². The molecule has 4 nitrogen and oxygen atoms in total. The predicted molar refractivity (Wildman–Crippen MR) is 46.1 cm³/mol. The van der Waals surface area contributed by atoms with Crippen LogP contribution in [0.4, 0.5) is 0 Å². The third-order valence-corrected chi connectivity index (χ3v) is 2.37. The summed E-state index contributed by atoms with van der Waals surface area (Å²) in [5, 5.41) is 4.05. The van der Waals surface area contributed by atoms with Crippen LogP contribution in [0.3, 0.4) is 0 Å². The van der Waals surface area contributed by atoms with E-state index in [1.54, 1.807) is 10.9 Å². The van der Waals surface area contributed by atoms with Crippen molar-refractivity contribution in [3.63, 3.8) is 0 Å². The number of carbonyl (C=O) groups excluding carboxylic acids is 1. The Morgan fingerprint density at radius 3 is 3.23 bits per heavy atom. The van der Waals surface area contributed by atoms with Crippen molar-refractivity contribution in [3.05, 3.63) is 18.0 Å². The molecule has 0 spiro atoms. The highest BCUT2D eigenvalue weighted by Crippen LogP contribution is 2.32. The maximum Gasteiger partial charge on any atom is 0.126 e. The topological polar surface area (TPSA) is 44.1 Å². The van der Waals surface area contributed by atoms with Gasteiger partial charge in [-0.2, -0.15) is 5.10 Å². The molecule has 0 amide bonds. The van der Waals surface area contributed by atoms with Crippen molar-refractivity contribution < 1.29 is 9.53 Å². The van der Waals surface area contributed by atoms with E-state index in [4.69, 9.17) is 4.74 Å². The normalized spacial score (nSPS) is 27.8. The Balaban J connectivity index is 2.20. The smallest absolute Gasteiger partial charge is 0.126 e. The van der Waals surface area contributed by atoms with E-state index in [2.05, 4.69) is 5.10 Å². The standard InChI is InChI=1S/C9H12N2O2/c1-11-5-8(4-10-11)9-7(6-12)2-3-13-9/h4-7,9H,2-3H2,1H3. The van der Waals surface area contributed by atoms with Gasteiger partial charge in [-0.1, -0.05) is 0 Å². The predicted octanol–water partition coefficient (Wildman–Crippen LogP) is 0.697. The van der Waals surface area contributed by atoms with Crippen molar-refractivity contribution in [2.24, 2.45) is 13.0 Å². The lowest BCUT2D eigenvalue weighted by molar-refractivity contribution is -0.112. The zero-order chi connectivity index (χ0) is 9.26. The van der Waals surface area contributed by atoms with Gasteiger partial charge in [0.05, 0.1) is 12.3 Å². The van der Waals surface area contributed by atoms with Crippen LogP contribution in [0.2, 0.25) is 0 Å². The van der Waals surface area contributed by atoms with Crippen LogP contribution < -0.4 is 0 Å². The molecule has 70 valence electrons. The maximum absolute atomic E-state index is 10.7. The summed E-state index contributed by atoms with van der Waals surface area (Å²) in [6.07, 6.45) is 5.37. The number of aryl methyl sites for hydroxylation is 1. The van der Waals surface area contributed by atoms with Crippen LogP contribution in [0.5, 0.6) is 0 Å². The highest BCUT2D eigenvalue weighted by atomic mass is 16.5. The van der Waals surface area contributed by atoms with Crippen molar-refractivity contribution >= 4 is 6.29 Å². The monoisotopic (exact) mass is 180 g/mol. The molecule has 0 saturated carbocycles. The van der Waals surface area contributed by atoms with Gasteiger partial charge in [-0.25, -0.2) is 0 Å². The number of rotatable bonds is 2. The molecule has 13 heavy (non-hydrogen) atoms. The van der Waals surface area contributed by atoms with Crippen molar-refractivity contribution in [1.82, 2.24) is 9.78 Å². The van der Waals surface area contributed by atoms with Crippen LogP contribution in [0.1, 0.15) is 18.1 Å². The van der Waals surface area contributed by atoms with E-state index in [1.165, 1.54) is 0 Å². The quantitative estimate of drug-likeness (QED) is 0.629. The van der Waals surface area contributed by atoms with Crippen LogP contribution in [-0.4, -0.2) is 22.7 Å². The lowest BCUT2D eigenvalue weighted by Crippen LogP contribution is -2.07. The van der Waals surface area contributed by atoms with Crippen molar-refractivity contribution in [2.75, 3.05) is 6.61 Å². The number of ether oxygens (including phenoxy) is 1. The fourth-order valence-electron chi connectivity index (χ4n) is 1.68. The second kappa shape index (κ2) is 3.30. The minimum atomic E-state index is -0.0776. The molecule has 2 heterocycles. The van der Waals surface area contributed by atoms with E-state index in [-0.39, 0.29) is 12.0 Å². The van der Waals surface area contributed by atoms with E-state index in [1.807, 2.05) is 13.2 Å². The highest BCUT2D eigenvalue weighted by molar-refractivity contribution is 5.55. The van der Waals surface area contributed by atoms with Gasteiger partial charge in [0.2, 0.25) is 0 Å². The van der Waals surface area contributed by atoms with Gasteiger partial charge in [0.1, 0.15) is 6.29 Å². The Kier molecular flexibility index (Phi) is 2.14. The summed E-state index contributed by atoms with van der Waals surface area (Å²) < 4.78 is 7.19. The molecule has 2 unspecified atom stereocenters. The molecular weight excluding hydrogens is 168 g/mol. The van der Waals surface area contributed by atoms with Crippen LogP contribution >= 0.6 is 0 Å². The average molecular weight is 180 g/mol. The van der Waals surface area contributed by atoms with Gasteiger partial charge in [0.25, 0.3) is 0 Å². The molecule has 1 fully saturated rings. The van der Waals surface area contributed by atoms with E-state index >= 15 is 0 Å². The number of aromatic nitrogens is 2.